The summed E-state index contributed by atoms with van der Waals surface area (Å²) in [7, 11) is 0. The predicted octanol–water partition coefficient (Wildman–Crippen LogP) is -1.29. The van der Waals surface area contributed by atoms with Crippen molar-refractivity contribution in [2.24, 2.45) is 5.41 Å². The van der Waals surface area contributed by atoms with Crippen molar-refractivity contribution in [1.29, 1.82) is 0 Å². The third-order valence-corrected chi connectivity index (χ3v) is 6.04. The molecule has 0 aromatic rings. The fraction of sp³-hybridized carbons (Fsp3) is 0.950. The van der Waals surface area contributed by atoms with Crippen LogP contribution in [0.25, 0.3) is 0 Å². The van der Waals surface area contributed by atoms with Gasteiger partial charge in [0, 0.05) is 19.4 Å². The summed E-state index contributed by atoms with van der Waals surface area (Å²) >= 11 is 0. The Labute approximate surface area is 149 Å². The Bertz CT molecular complexity index is 386. The van der Waals surface area contributed by atoms with Gasteiger partial charge in [0.15, 0.2) is 0 Å². The van der Waals surface area contributed by atoms with Crippen LogP contribution in [0, 0.1) is 5.41 Å². The zero-order chi connectivity index (χ0) is 17.5. The van der Waals surface area contributed by atoms with Crippen LogP contribution in [0.4, 0.5) is 0 Å². The van der Waals surface area contributed by atoms with E-state index in [4.69, 9.17) is 4.74 Å². The molecule has 0 bridgehead atoms. The molecule has 0 aromatic carbocycles. The molecular formula is C20H42N3O+3. The average molecular weight is 341 g/mol. The highest BCUT2D eigenvalue weighted by Gasteiger charge is 2.45. The summed E-state index contributed by atoms with van der Waals surface area (Å²) in [4.78, 5) is 7.22. The third kappa shape index (κ3) is 6.12. The quantitative estimate of drug-likeness (QED) is 0.354. The van der Waals surface area contributed by atoms with E-state index in [1.54, 1.807) is 9.80 Å². The van der Waals surface area contributed by atoms with Crippen molar-refractivity contribution >= 4 is 6.21 Å². The molecule has 2 saturated heterocycles. The molecule has 0 amide bonds. The molecule has 2 aliphatic rings. The first kappa shape index (κ1) is 19.9. The van der Waals surface area contributed by atoms with Gasteiger partial charge >= 0.3 is 0 Å². The lowest BCUT2D eigenvalue weighted by molar-refractivity contribution is -0.897. The molecule has 4 heteroatoms. The molecule has 24 heavy (non-hydrogen) atoms. The van der Waals surface area contributed by atoms with E-state index in [-0.39, 0.29) is 5.60 Å². The number of quaternary nitrogens is 2. The lowest BCUT2D eigenvalue weighted by Gasteiger charge is -2.41. The number of hydrogen-bond acceptors (Lipinski definition) is 1. The highest BCUT2D eigenvalue weighted by atomic mass is 16.5. The van der Waals surface area contributed by atoms with E-state index in [0.29, 0.717) is 5.41 Å². The van der Waals surface area contributed by atoms with Crippen molar-refractivity contribution in [2.45, 2.75) is 65.4 Å². The van der Waals surface area contributed by atoms with Gasteiger partial charge in [0.2, 0.25) is 0 Å². The van der Waals surface area contributed by atoms with Gasteiger partial charge in [-0.1, -0.05) is 0 Å². The van der Waals surface area contributed by atoms with Gasteiger partial charge in [-0.05, 0) is 40.5 Å². The van der Waals surface area contributed by atoms with E-state index in [0.717, 1.165) is 19.6 Å². The van der Waals surface area contributed by atoms with E-state index < -0.39 is 0 Å². The van der Waals surface area contributed by atoms with Crippen LogP contribution in [-0.2, 0) is 4.74 Å². The maximum atomic E-state index is 6.01. The smallest absolute Gasteiger partial charge is 0.150 e. The van der Waals surface area contributed by atoms with E-state index >= 15 is 0 Å². The Morgan fingerprint density at radius 1 is 1.17 bits per heavy atom. The second-order valence-corrected chi connectivity index (χ2v) is 8.69. The highest BCUT2D eigenvalue weighted by molar-refractivity contribution is 5.60. The van der Waals surface area contributed by atoms with Crippen LogP contribution in [0.1, 0.15) is 59.8 Å². The lowest BCUT2D eigenvalue weighted by Crippen LogP contribution is -3.12. The fourth-order valence-corrected chi connectivity index (χ4v) is 4.73. The zero-order valence-electron chi connectivity index (χ0n) is 16.7. The van der Waals surface area contributed by atoms with Gasteiger partial charge in [-0.3, -0.25) is 4.99 Å². The minimum absolute atomic E-state index is 0.0148. The second kappa shape index (κ2) is 9.30. The van der Waals surface area contributed by atoms with E-state index in [1.807, 2.05) is 0 Å². The lowest BCUT2D eigenvalue weighted by atomic mass is 9.74. The molecule has 4 nitrogen and oxygen atoms in total. The Balaban J connectivity index is 1.91. The van der Waals surface area contributed by atoms with Gasteiger partial charge in [0.05, 0.1) is 51.3 Å². The summed E-state index contributed by atoms with van der Waals surface area (Å²) in [6, 6.07) is 0. The number of ether oxygens (including phenoxy) is 1. The highest BCUT2D eigenvalue weighted by Crippen LogP contribution is 2.36. The molecule has 2 aliphatic heterocycles. The molecule has 3 N–H and O–H groups in total. The van der Waals surface area contributed by atoms with Gasteiger partial charge in [0.1, 0.15) is 18.2 Å². The molecule has 0 saturated carbocycles. The average Bonchev–Trinajstić information content (AvgIpc) is 3.02. The molecule has 0 aromatic heterocycles. The minimum atomic E-state index is 0.0148. The first-order chi connectivity index (χ1) is 11.5. The Hall–Kier alpha value is -0.450. The topological polar surface area (TPSA) is 32.1 Å². The Morgan fingerprint density at radius 2 is 1.88 bits per heavy atom. The molecule has 2 heterocycles. The number of rotatable bonds is 9. The zero-order valence-corrected chi connectivity index (χ0v) is 16.7. The fourth-order valence-electron chi connectivity index (χ4n) is 4.73. The van der Waals surface area contributed by atoms with Crippen LogP contribution < -0.4 is 14.8 Å². The molecule has 140 valence electrons. The van der Waals surface area contributed by atoms with E-state index in [1.165, 1.54) is 65.0 Å². The van der Waals surface area contributed by atoms with Crippen LogP contribution in [-0.4, -0.2) is 64.2 Å². The minimum Gasteiger partial charge on any atom is -0.375 e. The standard InChI is InChI=1S/C20H39N3O/c1-5-22(6-2)14-9-11-21-17-20(18-23-12-7-8-13-23)10-15-24-19(3,4)16-20/h17H,5-16,18H2,1-4H3/p+3/t20-/m0/s1. The second-order valence-electron chi connectivity index (χ2n) is 8.69. The first-order valence-electron chi connectivity index (χ1n) is 10.4. The van der Waals surface area contributed by atoms with Crippen molar-refractivity contribution in [1.82, 2.24) is 0 Å². The summed E-state index contributed by atoms with van der Waals surface area (Å²) in [5.74, 6) is 0. The molecule has 0 spiro atoms. The Kier molecular flexibility index (Phi) is 7.70. The predicted molar refractivity (Wildman–Crippen MR) is 99.9 cm³/mol. The van der Waals surface area contributed by atoms with Crippen LogP contribution in [0.15, 0.2) is 0 Å². The van der Waals surface area contributed by atoms with Crippen molar-refractivity contribution in [3.63, 3.8) is 0 Å². The molecule has 2 rings (SSSR count). The maximum Gasteiger partial charge on any atom is 0.150 e. The summed E-state index contributed by atoms with van der Waals surface area (Å²) in [5, 5.41) is 0. The van der Waals surface area contributed by atoms with E-state index in [2.05, 4.69) is 38.9 Å². The van der Waals surface area contributed by atoms with Crippen LogP contribution in [0.2, 0.25) is 0 Å². The van der Waals surface area contributed by atoms with Crippen LogP contribution in [0.3, 0.4) is 0 Å². The van der Waals surface area contributed by atoms with Gasteiger partial charge in [-0.15, -0.1) is 0 Å². The molecule has 0 unspecified atom stereocenters. The maximum absolute atomic E-state index is 6.01. The summed E-state index contributed by atoms with van der Waals surface area (Å²) in [6.07, 6.45) is 8.88. The van der Waals surface area contributed by atoms with Gasteiger partial charge in [0.25, 0.3) is 0 Å². The number of nitrogens with one attached hydrogen (secondary N) is 3. The number of likely N-dealkylation sites (tertiary alicyclic amines) is 1. The first-order valence-corrected chi connectivity index (χ1v) is 10.4. The SMILES string of the molecule is CC[NH+](CC)CCC[NH+]=C[C@]1(C[NH+]2CCCC2)CCOC(C)(C)C1. The van der Waals surface area contributed by atoms with Gasteiger partial charge < -0.3 is 14.5 Å². The Morgan fingerprint density at radius 3 is 2.50 bits per heavy atom. The largest absolute Gasteiger partial charge is 0.375 e. The van der Waals surface area contributed by atoms with Crippen molar-refractivity contribution in [3.05, 3.63) is 0 Å². The van der Waals surface area contributed by atoms with E-state index in [9.17, 15) is 0 Å². The monoisotopic (exact) mass is 340 g/mol. The summed E-state index contributed by atoms with van der Waals surface area (Å²) < 4.78 is 6.01. The van der Waals surface area contributed by atoms with Crippen LogP contribution in [0.5, 0.6) is 0 Å². The summed E-state index contributed by atoms with van der Waals surface area (Å²) in [6.45, 7) is 18.9. The van der Waals surface area contributed by atoms with Crippen molar-refractivity contribution in [2.75, 3.05) is 52.4 Å². The number of hydrogen-bond donors (Lipinski definition) is 3. The molecular weight excluding hydrogens is 298 g/mol. The van der Waals surface area contributed by atoms with Gasteiger partial charge in [-0.25, -0.2) is 0 Å². The van der Waals surface area contributed by atoms with Crippen molar-refractivity contribution in [3.8, 4) is 0 Å². The molecule has 0 radical (unpaired) electrons. The van der Waals surface area contributed by atoms with Crippen molar-refractivity contribution < 1.29 is 19.5 Å². The molecule has 1 atom stereocenters. The summed E-state index contributed by atoms with van der Waals surface area (Å²) in [5.41, 5.74) is 0.324. The van der Waals surface area contributed by atoms with Crippen LogP contribution >= 0.6 is 0 Å². The molecule has 0 aliphatic carbocycles. The molecule has 2 fully saturated rings. The normalized spacial score (nSPS) is 28.2. The third-order valence-electron chi connectivity index (χ3n) is 6.04. The van der Waals surface area contributed by atoms with Gasteiger partial charge in [-0.2, -0.15) is 0 Å².